The molecule has 0 saturated heterocycles. The number of rotatable bonds is 2. The second kappa shape index (κ2) is 9.31. The molecule has 0 atom stereocenters. The second-order valence-corrected chi connectivity index (χ2v) is 12.9. The zero-order valence-electron chi connectivity index (χ0n) is 25.6. The predicted molar refractivity (Wildman–Crippen MR) is 200 cm³/mol. The lowest BCUT2D eigenvalue weighted by Crippen LogP contribution is -2.68. The SMILES string of the molecule is c1ccc(N2c3ccccc3B3c4cccc5c4N(c4cccc2c43)c2cccc3c2B5c2ccccc2N3c2ccccc2)cc1. The Bertz CT molecular complexity index is 2240. The second-order valence-electron chi connectivity index (χ2n) is 12.9. The average Bonchev–Trinajstić information content (AvgIpc) is 3.14. The summed E-state index contributed by atoms with van der Waals surface area (Å²) in [6.07, 6.45) is 0. The van der Waals surface area contributed by atoms with Gasteiger partial charge in [0, 0.05) is 51.2 Å². The van der Waals surface area contributed by atoms with Crippen LogP contribution in [0.25, 0.3) is 0 Å². The molecule has 0 spiro atoms. The van der Waals surface area contributed by atoms with Crippen LogP contribution in [0.2, 0.25) is 0 Å². The van der Waals surface area contributed by atoms with Gasteiger partial charge in [0.05, 0.1) is 0 Å². The molecule has 47 heavy (non-hydrogen) atoms. The number of nitrogens with zero attached hydrogens (tertiary/aromatic N) is 3. The number of anilines is 9. The molecule has 4 aliphatic heterocycles. The number of para-hydroxylation sites is 5. The molecule has 0 amide bonds. The summed E-state index contributed by atoms with van der Waals surface area (Å²) < 4.78 is 0. The Morgan fingerprint density at radius 3 is 1.09 bits per heavy atom. The smallest absolute Gasteiger partial charge is 0.252 e. The highest BCUT2D eigenvalue weighted by Crippen LogP contribution is 2.47. The van der Waals surface area contributed by atoms with Gasteiger partial charge in [0.1, 0.15) is 0 Å². The maximum atomic E-state index is 2.59. The number of benzene rings is 7. The fourth-order valence-electron chi connectivity index (χ4n) is 8.93. The van der Waals surface area contributed by atoms with Crippen molar-refractivity contribution in [2.24, 2.45) is 0 Å². The Morgan fingerprint density at radius 2 is 0.617 bits per heavy atom. The highest BCUT2D eigenvalue weighted by Gasteiger charge is 2.49. The van der Waals surface area contributed by atoms with Crippen molar-refractivity contribution in [1.29, 1.82) is 0 Å². The van der Waals surface area contributed by atoms with Crippen LogP contribution in [0.3, 0.4) is 0 Å². The molecule has 7 aromatic carbocycles. The molecule has 0 fully saturated rings. The Morgan fingerprint density at radius 1 is 0.277 bits per heavy atom. The van der Waals surface area contributed by atoms with Crippen molar-refractivity contribution >= 4 is 97.4 Å². The molecule has 0 aromatic heterocycles. The van der Waals surface area contributed by atoms with Gasteiger partial charge >= 0.3 is 0 Å². The molecule has 0 unspecified atom stereocenters. The van der Waals surface area contributed by atoms with Crippen LogP contribution in [0, 0.1) is 0 Å². The zero-order valence-corrected chi connectivity index (χ0v) is 25.6. The van der Waals surface area contributed by atoms with Gasteiger partial charge in [-0.1, -0.05) is 103 Å². The van der Waals surface area contributed by atoms with Gasteiger partial charge in [-0.15, -0.1) is 0 Å². The molecular weight excluding hydrogens is 568 g/mol. The van der Waals surface area contributed by atoms with E-state index in [-0.39, 0.29) is 13.4 Å². The fraction of sp³-hybridized carbons (Fsp3) is 0. The summed E-state index contributed by atoms with van der Waals surface area (Å²) in [4.78, 5) is 7.50. The van der Waals surface area contributed by atoms with E-state index < -0.39 is 0 Å². The lowest BCUT2D eigenvalue weighted by Gasteiger charge is -2.49. The van der Waals surface area contributed by atoms with Gasteiger partial charge in [-0.25, -0.2) is 0 Å². The molecule has 0 saturated carbocycles. The quantitative estimate of drug-likeness (QED) is 0.215. The van der Waals surface area contributed by atoms with Crippen molar-refractivity contribution in [3.8, 4) is 0 Å². The van der Waals surface area contributed by atoms with Gasteiger partial charge in [0.15, 0.2) is 0 Å². The average molecular weight is 595 g/mol. The van der Waals surface area contributed by atoms with E-state index in [1.54, 1.807) is 0 Å². The van der Waals surface area contributed by atoms with Crippen molar-refractivity contribution in [2.45, 2.75) is 0 Å². The van der Waals surface area contributed by atoms with Crippen LogP contribution in [0.1, 0.15) is 0 Å². The Balaban J connectivity index is 1.24. The molecule has 7 aromatic rings. The summed E-state index contributed by atoms with van der Waals surface area (Å²) in [5.41, 5.74) is 19.4. The first kappa shape index (κ1) is 25.3. The van der Waals surface area contributed by atoms with Crippen molar-refractivity contribution in [2.75, 3.05) is 14.7 Å². The maximum absolute atomic E-state index is 2.59. The molecule has 0 aliphatic carbocycles. The standard InChI is InChI=1S/C42H27B2N3/c1-3-14-28(15-4-1)45-34-22-9-7-18-30(34)43-32-20-11-21-33-42(32)47(38-26-12-24-36(45)40(38)43)39-27-13-25-37-41(39)44(33)31-19-8-10-23-35(31)46(37)29-16-5-2-6-17-29/h1-27H. The molecule has 4 heterocycles. The van der Waals surface area contributed by atoms with E-state index in [4.69, 9.17) is 0 Å². The van der Waals surface area contributed by atoms with E-state index in [0.29, 0.717) is 0 Å². The summed E-state index contributed by atoms with van der Waals surface area (Å²) in [5.74, 6) is 0. The monoisotopic (exact) mass is 595 g/mol. The summed E-state index contributed by atoms with van der Waals surface area (Å²) in [7, 11) is 0. The lowest BCUT2D eigenvalue weighted by molar-refractivity contribution is 1.24. The molecule has 216 valence electrons. The van der Waals surface area contributed by atoms with E-state index in [9.17, 15) is 0 Å². The molecule has 5 heteroatoms. The molecule has 4 aliphatic rings. The van der Waals surface area contributed by atoms with Crippen LogP contribution in [0.15, 0.2) is 164 Å². The van der Waals surface area contributed by atoms with Crippen LogP contribution >= 0.6 is 0 Å². The van der Waals surface area contributed by atoms with Crippen LogP contribution in [0.4, 0.5) is 51.2 Å². The first-order valence-corrected chi connectivity index (χ1v) is 16.5. The minimum Gasteiger partial charge on any atom is -0.312 e. The van der Waals surface area contributed by atoms with Gasteiger partial charge in [-0.05, 0) is 93.4 Å². The molecule has 11 rings (SSSR count). The first-order chi connectivity index (χ1) is 23.4. The largest absolute Gasteiger partial charge is 0.312 e. The summed E-state index contributed by atoms with van der Waals surface area (Å²) >= 11 is 0. The summed E-state index contributed by atoms with van der Waals surface area (Å²) in [5, 5.41) is 0. The molecule has 0 N–H and O–H groups in total. The summed E-state index contributed by atoms with van der Waals surface area (Å²) in [6, 6.07) is 60.5. The number of hydrogen-bond acceptors (Lipinski definition) is 3. The number of hydrogen-bond donors (Lipinski definition) is 0. The van der Waals surface area contributed by atoms with E-state index >= 15 is 0 Å². The summed E-state index contributed by atoms with van der Waals surface area (Å²) in [6.45, 7) is 0.265. The lowest BCUT2D eigenvalue weighted by atomic mass is 9.29. The van der Waals surface area contributed by atoms with Gasteiger partial charge < -0.3 is 14.7 Å². The normalized spacial score (nSPS) is 14.2. The van der Waals surface area contributed by atoms with Gasteiger partial charge in [-0.3, -0.25) is 0 Å². The molecule has 0 bridgehead atoms. The third-order valence-corrected chi connectivity index (χ3v) is 10.6. The Hall–Kier alpha value is -5.93. The van der Waals surface area contributed by atoms with E-state index in [1.807, 2.05) is 0 Å². The van der Waals surface area contributed by atoms with E-state index in [1.165, 1.54) is 84.0 Å². The van der Waals surface area contributed by atoms with E-state index in [2.05, 4.69) is 178 Å². The van der Waals surface area contributed by atoms with Gasteiger partial charge in [-0.2, -0.15) is 0 Å². The van der Waals surface area contributed by atoms with Crippen molar-refractivity contribution in [3.05, 3.63) is 164 Å². The minimum atomic E-state index is 0.132. The van der Waals surface area contributed by atoms with E-state index in [0.717, 1.165) is 0 Å². The first-order valence-electron chi connectivity index (χ1n) is 16.5. The zero-order chi connectivity index (χ0) is 30.6. The van der Waals surface area contributed by atoms with Crippen LogP contribution in [-0.4, -0.2) is 13.4 Å². The molecule has 3 nitrogen and oxygen atoms in total. The highest BCUT2D eigenvalue weighted by molar-refractivity contribution is 7.04. The molecule has 0 radical (unpaired) electrons. The van der Waals surface area contributed by atoms with Crippen LogP contribution in [-0.2, 0) is 0 Å². The number of fused-ring (bicyclic) bond motifs is 8. The Labute approximate surface area is 275 Å². The van der Waals surface area contributed by atoms with Crippen molar-refractivity contribution in [3.63, 3.8) is 0 Å². The topological polar surface area (TPSA) is 9.72 Å². The van der Waals surface area contributed by atoms with Gasteiger partial charge in [0.25, 0.3) is 13.4 Å². The minimum absolute atomic E-state index is 0.132. The predicted octanol–water partition coefficient (Wildman–Crippen LogP) is 6.38. The Kier molecular flexibility index (Phi) is 5.01. The maximum Gasteiger partial charge on any atom is 0.252 e. The van der Waals surface area contributed by atoms with Crippen molar-refractivity contribution < 1.29 is 0 Å². The fourth-order valence-corrected chi connectivity index (χ4v) is 8.93. The van der Waals surface area contributed by atoms with Gasteiger partial charge in [0.2, 0.25) is 0 Å². The van der Waals surface area contributed by atoms with Crippen LogP contribution in [0.5, 0.6) is 0 Å². The third-order valence-electron chi connectivity index (χ3n) is 10.6. The van der Waals surface area contributed by atoms with Crippen LogP contribution < -0.4 is 47.5 Å². The van der Waals surface area contributed by atoms with Crippen molar-refractivity contribution in [1.82, 2.24) is 0 Å². The third kappa shape index (κ3) is 3.23. The highest BCUT2D eigenvalue weighted by atomic mass is 15.2. The molecular formula is C42H27B2N3.